The van der Waals surface area contributed by atoms with Gasteiger partial charge in [0.15, 0.2) is 5.82 Å². The molecule has 1 unspecified atom stereocenters. The second-order valence-electron chi connectivity index (χ2n) is 11.5. The van der Waals surface area contributed by atoms with Crippen molar-refractivity contribution in [2.24, 2.45) is 5.73 Å². The van der Waals surface area contributed by atoms with Gasteiger partial charge in [0, 0.05) is 28.3 Å². The number of aliphatic hydroxyl groups is 1. The van der Waals surface area contributed by atoms with Gasteiger partial charge in [0.2, 0.25) is 11.5 Å². The van der Waals surface area contributed by atoms with Crippen LogP contribution in [0.5, 0.6) is 11.5 Å². The molecule has 0 bridgehead atoms. The van der Waals surface area contributed by atoms with Crippen LogP contribution in [0.1, 0.15) is 47.4 Å². The number of aromatic nitrogens is 3. The summed E-state index contributed by atoms with van der Waals surface area (Å²) in [5.74, 6) is -4.45. The van der Waals surface area contributed by atoms with Gasteiger partial charge < -0.3 is 25.6 Å². The van der Waals surface area contributed by atoms with Crippen molar-refractivity contribution in [2.75, 3.05) is 20.3 Å². The monoisotopic (exact) mass is 665 g/mol. The number of rotatable bonds is 8. The number of hydrogen-bond acceptors (Lipinski definition) is 7. The number of nitrogens with two attached hydrogens (primary N) is 1. The minimum absolute atomic E-state index is 0.0852. The number of amides is 2. The van der Waals surface area contributed by atoms with Gasteiger partial charge in [-0.1, -0.05) is 11.6 Å². The Kier molecular flexibility index (Phi) is 7.39. The number of nitrogens with one attached hydrogen (secondary N) is 1. The third-order valence-corrected chi connectivity index (χ3v) is 8.53. The fraction of sp³-hybridized carbons (Fsp3) is 0.333. The molecule has 4 aromatic rings. The Hall–Kier alpha value is -4.50. The van der Waals surface area contributed by atoms with Crippen molar-refractivity contribution in [1.29, 1.82) is 0 Å². The van der Waals surface area contributed by atoms with E-state index in [1.54, 1.807) is 10.9 Å². The maximum absolute atomic E-state index is 15.2. The number of hydrogen-bond donors (Lipinski definition) is 3. The van der Waals surface area contributed by atoms with E-state index in [4.69, 9.17) is 26.8 Å². The molecular formula is C30H25ClF5N5O5. The van der Waals surface area contributed by atoms with Crippen LogP contribution in [0.25, 0.3) is 22.2 Å². The van der Waals surface area contributed by atoms with E-state index in [1.165, 1.54) is 26.2 Å². The van der Waals surface area contributed by atoms with Gasteiger partial charge >= 0.3 is 6.18 Å². The Morgan fingerprint density at radius 1 is 1.22 bits per heavy atom. The molecule has 1 fully saturated rings. The standard InChI is InChI=1S/C30H25ClF5N5O5/c1-28(27(37)43)12-46-25-18(28)9-21(39-24(25)17-7-15(32)8-19(31)22(17)33)29(44,30(34,35)36)11-38-26(42)13-5-14-10-41(16-3-4-16)40-23(14)20(6-13)45-2/h5-10,16,44H,3-4,11-12H2,1-2H3,(H2,37,43)(H,38,42)/t28-,29?/m0/s1. The molecule has 2 aromatic heterocycles. The molecule has 2 aromatic carbocycles. The van der Waals surface area contributed by atoms with Crippen LogP contribution in [0.3, 0.4) is 0 Å². The summed E-state index contributed by atoms with van der Waals surface area (Å²) < 4.78 is 86.4. The number of nitrogens with zero attached hydrogens (tertiary/aromatic N) is 3. The highest BCUT2D eigenvalue weighted by atomic mass is 35.5. The number of carbonyl (C=O) groups is 2. The fourth-order valence-corrected chi connectivity index (χ4v) is 5.50. The van der Waals surface area contributed by atoms with E-state index < -0.39 is 75.8 Å². The topological polar surface area (TPSA) is 142 Å². The molecule has 10 nitrogen and oxygen atoms in total. The predicted octanol–water partition coefficient (Wildman–Crippen LogP) is 4.69. The smallest absolute Gasteiger partial charge is 0.424 e. The van der Waals surface area contributed by atoms with Crippen LogP contribution in [0, 0.1) is 11.6 Å². The third kappa shape index (κ3) is 5.07. The van der Waals surface area contributed by atoms with Crippen LogP contribution in [-0.2, 0) is 15.8 Å². The number of alkyl halides is 3. The number of methoxy groups -OCH3 is 1. The van der Waals surface area contributed by atoms with E-state index in [1.807, 2.05) is 0 Å². The summed E-state index contributed by atoms with van der Waals surface area (Å²) in [4.78, 5) is 29.5. The van der Waals surface area contributed by atoms with Gasteiger partial charge in [-0.05, 0) is 50.1 Å². The zero-order valence-electron chi connectivity index (χ0n) is 24.1. The molecule has 3 heterocycles. The number of benzene rings is 2. The molecule has 2 amide bonds. The molecule has 46 heavy (non-hydrogen) atoms. The highest BCUT2D eigenvalue weighted by Crippen LogP contribution is 2.48. The number of fused-ring (bicyclic) bond motifs is 2. The van der Waals surface area contributed by atoms with Crippen LogP contribution < -0.4 is 20.5 Å². The molecule has 0 spiro atoms. The summed E-state index contributed by atoms with van der Waals surface area (Å²) in [7, 11) is 1.35. The molecule has 1 saturated carbocycles. The quantitative estimate of drug-likeness (QED) is 0.183. The number of halogens is 6. The largest absolute Gasteiger partial charge is 0.494 e. The average molecular weight is 666 g/mol. The zero-order chi connectivity index (χ0) is 33.3. The first-order chi connectivity index (χ1) is 21.6. The molecule has 0 radical (unpaired) electrons. The first-order valence-electron chi connectivity index (χ1n) is 13.8. The van der Waals surface area contributed by atoms with E-state index >= 15 is 4.39 Å². The van der Waals surface area contributed by atoms with Crippen LogP contribution in [0.15, 0.2) is 36.5 Å². The van der Waals surface area contributed by atoms with Crippen molar-refractivity contribution >= 4 is 34.3 Å². The molecule has 4 N–H and O–H groups in total. The van der Waals surface area contributed by atoms with Crippen molar-refractivity contribution < 1.29 is 46.1 Å². The highest BCUT2D eigenvalue weighted by Gasteiger charge is 2.58. The number of pyridine rings is 1. The van der Waals surface area contributed by atoms with E-state index in [9.17, 15) is 32.3 Å². The fourth-order valence-electron chi connectivity index (χ4n) is 5.29. The molecule has 1 aliphatic heterocycles. The first kappa shape index (κ1) is 31.5. The average Bonchev–Trinajstić information content (AvgIpc) is 3.67. The molecule has 6 rings (SSSR count). The third-order valence-electron chi connectivity index (χ3n) is 8.26. The number of primary amides is 1. The Labute approximate surface area is 262 Å². The minimum Gasteiger partial charge on any atom is -0.494 e. The summed E-state index contributed by atoms with van der Waals surface area (Å²) in [6.45, 7) is -0.668. The van der Waals surface area contributed by atoms with E-state index in [2.05, 4.69) is 15.4 Å². The molecule has 16 heteroatoms. The van der Waals surface area contributed by atoms with Gasteiger partial charge in [-0.2, -0.15) is 18.3 Å². The van der Waals surface area contributed by atoms with Crippen molar-refractivity contribution in [1.82, 2.24) is 20.1 Å². The molecule has 2 aliphatic rings. The van der Waals surface area contributed by atoms with Crippen LogP contribution >= 0.6 is 11.6 Å². The first-order valence-corrected chi connectivity index (χ1v) is 14.2. The van der Waals surface area contributed by atoms with Crippen LogP contribution in [0.2, 0.25) is 5.02 Å². The number of ether oxygens (including phenoxy) is 2. The van der Waals surface area contributed by atoms with Crippen molar-refractivity contribution in [3.05, 3.63) is 70.0 Å². The van der Waals surface area contributed by atoms with Crippen LogP contribution in [-0.4, -0.2) is 58.1 Å². The molecule has 2 atom stereocenters. The van der Waals surface area contributed by atoms with Crippen LogP contribution in [0.4, 0.5) is 22.0 Å². The summed E-state index contributed by atoms with van der Waals surface area (Å²) in [5.41, 5.74) is -2.52. The summed E-state index contributed by atoms with van der Waals surface area (Å²) >= 11 is 5.80. The summed E-state index contributed by atoms with van der Waals surface area (Å²) in [6.07, 6.45) is -1.93. The SMILES string of the molecule is COc1cc(C(=O)NCC(O)(c2cc3c(c(-c4cc(F)cc(Cl)c4F)n2)OC[C@]3(C)C(N)=O)C(F)(F)F)cc2cn(C3CC3)nc12. The normalized spacial score (nSPS) is 19.0. The van der Waals surface area contributed by atoms with Gasteiger partial charge in [0.25, 0.3) is 5.91 Å². The van der Waals surface area contributed by atoms with E-state index in [0.29, 0.717) is 23.0 Å². The molecule has 1 aliphatic carbocycles. The Bertz CT molecular complexity index is 1930. The van der Waals surface area contributed by atoms with Crippen molar-refractivity contribution in [3.63, 3.8) is 0 Å². The van der Waals surface area contributed by atoms with E-state index in [-0.39, 0.29) is 28.7 Å². The molecular weight excluding hydrogens is 641 g/mol. The van der Waals surface area contributed by atoms with Crippen molar-refractivity contribution in [2.45, 2.75) is 43.0 Å². The summed E-state index contributed by atoms with van der Waals surface area (Å²) in [5, 5.41) is 17.6. The Morgan fingerprint density at radius 2 is 1.93 bits per heavy atom. The lowest BCUT2D eigenvalue weighted by Crippen LogP contribution is -2.51. The second-order valence-corrected chi connectivity index (χ2v) is 11.9. The van der Waals surface area contributed by atoms with Gasteiger partial charge in [0.05, 0.1) is 30.4 Å². The Morgan fingerprint density at radius 3 is 2.57 bits per heavy atom. The van der Waals surface area contributed by atoms with Gasteiger partial charge in [-0.25, -0.2) is 13.8 Å². The summed E-state index contributed by atoms with van der Waals surface area (Å²) in [6, 6.07) is 4.94. The Balaban J connectivity index is 1.43. The van der Waals surface area contributed by atoms with E-state index in [0.717, 1.165) is 18.9 Å². The lowest BCUT2D eigenvalue weighted by atomic mass is 9.81. The lowest BCUT2D eigenvalue weighted by Gasteiger charge is -2.31. The molecule has 242 valence electrons. The van der Waals surface area contributed by atoms with Gasteiger partial charge in [0.1, 0.15) is 40.5 Å². The minimum atomic E-state index is -5.49. The highest BCUT2D eigenvalue weighted by molar-refractivity contribution is 6.31. The van der Waals surface area contributed by atoms with Gasteiger partial charge in [-0.3, -0.25) is 14.3 Å². The van der Waals surface area contributed by atoms with Crippen molar-refractivity contribution in [3.8, 4) is 22.8 Å². The lowest BCUT2D eigenvalue weighted by molar-refractivity contribution is -0.265. The molecule has 0 saturated heterocycles. The zero-order valence-corrected chi connectivity index (χ0v) is 24.9. The second kappa shape index (κ2) is 10.8. The maximum Gasteiger partial charge on any atom is 0.424 e. The van der Waals surface area contributed by atoms with Gasteiger partial charge in [-0.15, -0.1) is 0 Å². The predicted molar refractivity (Wildman–Crippen MR) is 153 cm³/mol. The maximum atomic E-state index is 15.2. The number of carbonyl (C=O) groups excluding carboxylic acids is 2.